The third-order valence-electron chi connectivity index (χ3n) is 2.68. The van der Waals surface area contributed by atoms with Crippen molar-refractivity contribution in [2.24, 2.45) is 5.92 Å². The van der Waals surface area contributed by atoms with Crippen LogP contribution in [0.3, 0.4) is 0 Å². The lowest BCUT2D eigenvalue weighted by atomic mass is 9.98. The van der Waals surface area contributed by atoms with Crippen molar-refractivity contribution in [2.75, 3.05) is 13.6 Å². The molecule has 1 aromatic rings. The van der Waals surface area contributed by atoms with E-state index in [1.54, 1.807) is 19.4 Å². The van der Waals surface area contributed by atoms with Crippen LogP contribution in [-0.2, 0) is 10.2 Å². The molecule has 0 aliphatic rings. The monoisotopic (exact) mass is 284 g/mol. The van der Waals surface area contributed by atoms with E-state index in [-0.39, 0.29) is 17.9 Å². The number of nitrogens with zero attached hydrogens (tertiary/aromatic N) is 2. The molecule has 0 saturated carbocycles. The Morgan fingerprint density at radius 1 is 1.47 bits per heavy atom. The van der Waals surface area contributed by atoms with Crippen molar-refractivity contribution in [1.29, 1.82) is 0 Å². The van der Waals surface area contributed by atoms with E-state index < -0.39 is 11.9 Å². The number of aliphatic carboxylic acids is 1. The van der Waals surface area contributed by atoms with Crippen LogP contribution in [0.15, 0.2) is 5.38 Å². The zero-order valence-electron chi connectivity index (χ0n) is 11.9. The van der Waals surface area contributed by atoms with Gasteiger partial charge in [0.15, 0.2) is 0 Å². The second-order valence-electron chi connectivity index (χ2n) is 5.71. The van der Waals surface area contributed by atoms with E-state index in [1.165, 1.54) is 16.2 Å². The minimum atomic E-state index is -0.909. The van der Waals surface area contributed by atoms with Crippen LogP contribution in [0.4, 0.5) is 0 Å². The number of hydrogen-bond acceptors (Lipinski definition) is 4. The quantitative estimate of drug-likeness (QED) is 0.920. The first-order valence-corrected chi connectivity index (χ1v) is 6.95. The summed E-state index contributed by atoms with van der Waals surface area (Å²) >= 11 is 1.45. The average Bonchev–Trinajstić information content (AvgIpc) is 2.76. The van der Waals surface area contributed by atoms with Crippen LogP contribution in [0.2, 0.25) is 0 Å². The molecule has 19 heavy (non-hydrogen) atoms. The van der Waals surface area contributed by atoms with E-state index in [4.69, 9.17) is 5.11 Å². The molecule has 6 heteroatoms. The predicted octanol–water partition coefficient (Wildman–Crippen LogP) is 2.23. The molecule has 1 unspecified atom stereocenters. The third kappa shape index (κ3) is 4.02. The number of hydrogen-bond donors (Lipinski definition) is 1. The summed E-state index contributed by atoms with van der Waals surface area (Å²) in [5.41, 5.74) is 0.297. The van der Waals surface area contributed by atoms with Gasteiger partial charge in [-0.2, -0.15) is 0 Å². The standard InChI is InChI=1S/C13H20N2O3S/c1-8(11(17)18)6-15(5)10(16)9-7-19-12(14-9)13(2,3)4/h7-8H,6H2,1-5H3,(H,17,18). The van der Waals surface area contributed by atoms with Crippen molar-refractivity contribution in [1.82, 2.24) is 9.88 Å². The first kappa shape index (κ1) is 15.6. The number of aromatic nitrogens is 1. The van der Waals surface area contributed by atoms with Crippen LogP contribution >= 0.6 is 11.3 Å². The summed E-state index contributed by atoms with van der Waals surface area (Å²) in [5, 5.41) is 11.5. The topological polar surface area (TPSA) is 70.5 Å². The summed E-state index contributed by atoms with van der Waals surface area (Å²) in [6.07, 6.45) is 0. The average molecular weight is 284 g/mol. The Balaban J connectivity index is 2.78. The van der Waals surface area contributed by atoms with Crippen molar-refractivity contribution < 1.29 is 14.7 Å². The van der Waals surface area contributed by atoms with Crippen LogP contribution in [0, 0.1) is 5.92 Å². The van der Waals surface area contributed by atoms with Gasteiger partial charge in [-0.05, 0) is 0 Å². The molecule has 1 rings (SSSR count). The zero-order valence-corrected chi connectivity index (χ0v) is 12.7. The molecular weight excluding hydrogens is 264 g/mol. The van der Waals surface area contributed by atoms with E-state index in [0.717, 1.165) is 5.01 Å². The number of carboxylic acid groups (broad SMARTS) is 1. The number of carbonyl (C=O) groups is 2. The Kier molecular flexibility index (Phi) is 4.68. The van der Waals surface area contributed by atoms with Gasteiger partial charge in [-0.3, -0.25) is 9.59 Å². The molecule has 0 bridgehead atoms. The highest BCUT2D eigenvalue weighted by molar-refractivity contribution is 7.10. The highest BCUT2D eigenvalue weighted by atomic mass is 32.1. The summed E-state index contributed by atoms with van der Waals surface area (Å²) in [6.45, 7) is 7.87. The second-order valence-corrected chi connectivity index (χ2v) is 6.57. The fourth-order valence-electron chi connectivity index (χ4n) is 1.48. The fraction of sp³-hybridized carbons (Fsp3) is 0.615. The number of thiazole rings is 1. The Morgan fingerprint density at radius 2 is 2.05 bits per heavy atom. The molecule has 0 fully saturated rings. The maximum Gasteiger partial charge on any atom is 0.308 e. The van der Waals surface area contributed by atoms with Crippen molar-refractivity contribution >= 4 is 23.2 Å². The molecule has 0 aromatic carbocycles. The van der Waals surface area contributed by atoms with Crippen LogP contribution in [-0.4, -0.2) is 40.5 Å². The molecule has 0 saturated heterocycles. The van der Waals surface area contributed by atoms with Gasteiger partial charge in [-0.15, -0.1) is 11.3 Å². The lowest BCUT2D eigenvalue weighted by molar-refractivity contribution is -0.141. The van der Waals surface area contributed by atoms with Gasteiger partial charge in [-0.25, -0.2) is 4.98 Å². The number of amides is 1. The van der Waals surface area contributed by atoms with Crippen molar-refractivity contribution in [3.8, 4) is 0 Å². The van der Waals surface area contributed by atoms with E-state index in [2.05, 4.69) is 4.98 Å². The van der Waals surface area contributed by atoms with E-state index >= 15 is 0 Å². The molecule has 1 heterocycles. The summed E-state index contributed by atoms with van der Waals surface area (Å²) < 4.78 is 0. The lowest BCUT2D eigenvalue weighted by Crippen LogP contribution is -2.34. The molecular formula is C13H20N2O3S. The van der Waals surface area contributed by atoms with Gasteiger partial charge in [0.05, 0.1) is 10.9 Å². The molecule has 106 valence electrons. The molecule has 1 amide bonds. The van der Waals surface area contributed by atoms with Gasteiger partial charge in [0.2, 0.25) is 0 Å². The Morgan fingerprint density at radius 3 is 2.47 bits per heavy atom. The molecule has 5 nitrogen and oxygen atoms in total. The normalized spacial score (nSPS) is 13.1. The van der Waals surface area contributed by atoms with E-state index in [1.807, 2.05) is 20.8 Å². The van der Waals surface area contributed by atoms with Crippen LogP contribution in [0.5, 0.6) is 0 Å². The SMILES string of the molecule is CC(CN(C)C(=O)c1csc(C(C)(C)C)n1)C(=O)O. The molecule has 1 atom stereocenters. The second kappa shape index (κ2) is 5.69. The molecule has 0 aliphatic heterocycles. The van der Waals surface area contributed by atoms with Crippen LogP contribution < -0.4 is 0 Å². The van der Waals surface area contributed by atoms with Gasteiger partial charge < -0.3 is 10.0 Å². The Labute approximate surface area is 117 Å². The minimum Gasteiger partial charge on any atom is -0.481 e. The van der Waals surface area contributed by atoms with Crippen molar-refractivity contribution in [3.63, 3.8) is 0 Å². The lowest BCUT2D eigenvalue weighted by Gasteiger charge is -2.18. The third-order valence-corrected chi connectivity index (χ3v) is 3.95. The highest BCUT2D eigenvalue weighted by Gasteiger charge is 2.23. The summed E-state index contributed by atoms with van der Waals surface area (Å²) in [7, 11) is 1.60. The van der Waals surface area contributed by atoms with Gasteiger partial charge in [0, 0.05) is 24.4 Å². The predicted molar refractivity (Wildman–Crippen MR) is 74.6 cm³/mol. The zero-order chi connectivity index (χ0) is 14.8. The van der Waals surface area contributed by atoms with Gasteiger partial charge in [-0.1, -0.05) is 27.7 Å². The maximum absolute atomic E-state index is 12.1. The van der Waals surface area contributed by atoms with Crippen molar-refractivity contribution in [3.05, 3.63) is 16.1 Å². The maximum atomic E-state index is 12.1. The largest absolute Gasteiger partial charge is 0.481 e. The molecule has 0 radical (unpaired) electrons. The number of carbonyl (C=O) groups excluding carboxylic acids is 1. The van der Waals surface area contributed by atoms with Gasteiger partial charge >= 0.3 is 5.97 Å². The fourth-order valence-corrected chi connectivity index (χ4v) is 2.37. The van der Waals surface area contributed by atoms with Crippen LogP contribution in [0.1, 0.15) is 43.2 Å². The molecule has 0 aliphatic carbocycles. The van der Waals surface area contributed by atoms with Crippen LogP contribution in [0.25, 0.3) is 0 Å². The number of carboxylic acids is 1. The highest BCUT2D eigenvalue weighted by Crippen LogP contribution is 2.25. The molecule has 1 aromatic heterocycles. The van der Waals surface area contributed by atoms with E-state index in [0.29, 0.717) is 5.69 Å². The smallest absolute Gasteiger partial charge is 0.308 e. The van der Waals surface area contributed by atoms with E-state index in [9.17, 15) is 9.59 Å². The Hall–Kier alpha value is -1.43. The summed E-state index contributed by atoms with van der Waals surface area (Å²) in [6, 6.07) is 0. The first-order chi connectivity index (χ1) is 8.62. The molecule has 0 spiro atoms. The number of rotatable bonds is 4. The van der Waals surface area contributed by atoms with Crippen molar-refractivity contribution in [2.45, 2.75) is 33.1 Å². The van der Waals surface area contributed by atoms with Gasteiger partial charge in [0.25, 0.3) is 5.91 Å². The summed E-state index contributed by atoms with van der Waals surface area (Å²) in [5.74, 6) is -1.73. The minimum absolute atomic E-state index is 0.0872. The van der Waals surface area contributed by atoms with Gasteiger partial charge in [0.1, 0.15) is 5.69 Å². The summed E-state index contributed by atoms with van der Waals surface area (Å²) in [4.78, 5) is 28.6. The molecule has 1 N–H and O–H groups in total. The first-order valence-electron chi connectivity index (χ1n) is 6.07. The Bertz CT molecular complexity index is 476.